The van der Waals surface area contributed by atoms with Crippen LogP contribution in [0.25, 0.3) is 0 Å². The fourth-order valence-corrected chi connectivity index (χ4v) is 3.78. The van der Waals surface area contributed by atoms with Gasteiger partial charge >= 0.3 is 0 Å². The molecule has 108 valence electrons. The van der Waals surface area contributed by atoms with E-state index in [9.17, 15) is 13.2 Å². The maximum absolute atomic E-state index is 12.3. The second-order valence-corrected chi connectivity index (χ2v) is 7.06. The molecule has 21 heavy (non-hydrogen) atoms. The van der Waals surface area contributed by atoms with Gasteiger partial charge in [0.1, 0.15) is 11.6 Å². The molecule has 2 aromatic rings. The molecular formula is C13H8Cl2N2O3S. The molecule has 0 radical (unpaired) electrons. The molecule has 0 aliphatic rings. The Labute approximate surface area is 130 Å². The Balaban J connectivity index is 2.48. The topological polar surface area (TPSA) is 90.8 Å². The van der Waals surface area contributed by atoms with Gasteiger partial charge in [-0.2, -0.15) is 5.26 Å². The number of hydrogen-bond acceptors (Lipinski definition) is 4. The number of nitrogens with one attached hydrogen (secondary N) is 1. The van der Waals surface area contributed by atoms with Gasteiger partial charge in [-0.1, -0.05) is 23.2 Å². The quantitative estimate of drug-likeness (QED) is 0.927. The van der Waals surface area contributed by atoms with Gasteiger partial charge in [0.05, 0.1) is 10.6 Å². The highest BCUT2D eigenvalue weighted by Crippen LogP contribution is 2.24. The van der Waals surface area contributed by atoms with Crippen LogP contribution in [0.5, 0.6) is 0 Å². The molecule has 2 rings (SSSR count). The highest BCUT2D eigenvalue weighted by molar-refractivity contribution is 7.90. The van der Waals surface area contributed by atoms with E-state index < -0.39 is 21.0 Å². The SMILES string of the molecule is N#Cc1c[nH]cc(CS(=O)(=O)c2cc(Cl)cc(Cl)c2)c1=O. The lowest BCUT2D eigenvalue weighted by Gasteiger charge is -2.06. The maximum Gasteiger partial charge on any atom is 0.203 e. The summed E-state index contributed by atoms with van der Waals surface area (Å²) in [6, 6.07) is 5.62. The third-order valence-corrected chi connectivity index (χ3v) is 4.76. The third kappa shape index (κ3) is 3.45. The monoisotopic (exact) mass is 342 g/mol. The smallest absolute Gasteiger partial charge is 0.203 e. The summed E-state index contributed by atoms with van der Waals surface area (Å²) in [6.07, 6.45) is 2.47. The Kier molecular flexibility index (Phi) is 4.37. The zero-order valence-electron chi connectivity index (χ0n) is 10.4. The van der Waals surface area contributed by atoms with Crippen molar-refractivity contribution in [2.24, 2.45) is 0 Å². The van der Waals surface area contributed by atoms with Crippen molar-refractivity contribution < 1.29 is 8.42 Å². The van der Waals surface area contributed by atoms with Gasteiger partial charge in [0.25, 0.3) is 0 Å². The molecule has 1 heterocycles. The molecule has 1 N–H and O–H groups in total. The number of aromatic amines is 1. The second kappa shape index (κ2) is 5.90. The highest BCUT2D eigenvalue weighted by Gasteiger charge is 2.19. The number of nitriles is 1. The number of pyridine rings is 1. The zero-order chi connectivity index (χ0) is 15.6. The highest BCUT2D eigenvalue weighted by atomic mass is 35.5. The minimum atomic E-state index is -3.80. The summed E-state index contributed by atoms with van der Waals surface area (Å²) >= 11 is 11.6. The number of H-pyrrole nitrogens is 1. The van der Waals surface area contributed by atoms with Crippen LogP contribution >= 0.6 is 23.2 Å². The van der Waals surface area contributed by atoms with Crippen molar-refractivity contribution in [2.75, 3.05) is 0 Å². The molecule has 5 nitrogen and oxygen atoms in total. The Morgan fingerprint density at radius 3 is 2.33 bits per heavy atom. The summed E-state index contributed by atoms with van der Waals surface area (Å²) in [5.74, 6) is -0.547. The number of aromatic nitrogens is 1. The summed E-state index contributed by atoms with van der Waals surface area (Å²) in [5, 5.41) is 9.14. The summed E-state index contributed by atoms with van der Waals surface area (Å²) in [7, 11) is -3.80. The second-order valence-electron chi connectivity index (χ2n) is 4.20. The predicted octanol–water partition coefficient (Wildman–Crippen LogP) is 2.53. The molecule has 0 spiro atoms. The molecule has 0 saturated heterocycles. The first-order chi connectivity index (χ1) is 9.83. The van der Waals surface area contributed by atoms with Crippen molar-refractivity contribution >= 4 is 33.0 Å². The Morgan fingerprint density at radius 1 is 1.14 bits per heavy atom. The van der Waals surface area contributed by atoms with E-state index in [0.29, 0.717) is 0 Å². The molecule has 0 atom stereocenters. The van der Waals surface area contributed by atoms with Gasteiger partial charge in [0.2, 0.25) is 5.43 Å². The minimum absolute atomic E-state index is 0.0230. The van der Waals surface area contributed by atoms with Crippen LogP contribution in [0.4, 0.5) is 0 Å². The number of nitrogens with zero attached hydrogens (tertiary/aromatic N) is 1. The summed E-state index contributed by atoms with van der Waals surface area (Å²) < 4.78 is 24.6. The molecule has 0 fully saturated rings. The minimum Gasteiger partial charge on any atom is -0.366 e. The van der Waals surface area contributed by atoms with Gasteiger partial charge in [-0.25, -0.2) is 8.42 Å². The summed E-state index contributed by atoms with van der Waals surface area (Å²) in [6.45, 7) is 0. The van der Waals surface area contributed by atoms with Crippen LogP contribution in [0.2, 0.25) is 10.0 Å². The number of hydrogen-bond donors (Lipinski definition) is 1. The lowest BCUT2D eigenvalue weighted by atomic mass is 10.2. The van der Waals surface area contributed by atoms with Gasteiger partial charge in [-0.05, 0) is 18.2 Å². The van der Waals surface area contributed by atoms with E-state index in [-0.39, 0.29) is 26.1 Å². The molecule has 0 bridgehead atoms. The molecule has 1 aromatic carbocycles. The van der Waals surface area contributed by atoms with E-state index in [1.165, 1.54) is 30.6 Å². The summed E-state index contributed by atoms with van der Waals surface area (Å²) in [5.41, 5.74) is -0.787. The predicted molar refractivity (Wildman–Crippen MR) is 79.1 cm³/mol. The molecular weight excluding hydrogens is 335 g/mol. The molecule has 0 unspecified atom stereocenters. The third-order valence-electron chi connectivity index (χ3n) is 2.68. The Bertz CT molecular complexity index is 878. The first-order valence-electron chi connectivity index (χ1n) is 5.62. The van der Waals surface area contributed by atoms with Crippen molar-refractivity contribution in [3.63, 3.8) is 0 Å². The van der Waals surface area contributed by atoms with Crippen LogP contribution in [0, 0.1) is 11.3 Å². The van der Waals surface area contributed by atoms with Gasteiger partial charge in [-0.15, -0.1) is 0 Å². The largest absolute Gasteiger partial charge is 0.366 e. The van der Waals surface area contributed by atoms with E-state index in [1.54, 1.807) is 6.07 Å². The molecule has 0 saturated carbocycles. The van der Waals surface area contributed by atoms with Crippen molar-refractivity contribution in [3.8, 4) is 6.07 Å². The zero-order valence-corrected chi connectivity index (χ0v) is 12.8. The number of rotatable bonds is 3. The first kappa shape index (κ1) is 15.6. The number of benzene rings is 1. The van der Waals surface area contributed by atoms with Crippen LogP contribution in [0.3, 0.4) is 0 Å². The van der Waals surface area contributed by atoms with Crippen LogP contribution in [0.1, 0.15) is 11.1 Å². The first-order valence-corrected chi connectivity index (χ1v) is 8.03. The van der Waals surface area contributed by atoms with Crippen LogP contribution in [-0.2, 0) is 15.6 Å². The van der Waals surface area contributed by atoms with Crippen molar-refractivity contribution in [2.45, 2.75) is 10.6 Å². The van der Waals surface area contributed by atoms with Crippen LogP contribution < -0.4 is 5.43 Å². The summed E-state index contributed by atoms with van der Waals surface area (Å²) in [4.78, 5) is 14.4. The van der Waals surface area contributed by atoms with E-state index >= 15 is 0 Å². The van der Waals surface area contributed by atoms with Gasteiger partial charge < -0.3 is 4.98 Å². The van der Waals surface area contributed by atoms with Crippen LogP contribution in [-0.4, -0.2) is 13.4 Å². The average molecular weight is 343 g/mol. The average Bonchev–Trinajstić information content (AvgIpc) is 2.40. The molecule has 0 aliphatic carbocycles. The lowest BCUT2D eigenvalue weighted by molar-refractivity contribution is 0.595. The fourth-order valence-electron chi connectivity index (χ4n) is 1.72. The van der Waals surface area contributed by atoms with Crippen molar-refractivity contribution in [3.05, 3.63) is 62.0 Å². The Hall–Kier alpha value is -1.81. The maximum atomic E-state index is 12.3. The molecule has 0 amide bonds. The lowest BCUT2D eigenvalue weighted by Crippen LogP contribution is -2.17. The molecule has 8 heteroatoms. The van der Waals surface area contributed by atoms with E-state index in [2.05, 4.69) is 4.98 Å². The van der Waals surface area contributed by atoms with E-state index in [1.807, 2.05) is 0 Å². The van der Waals surface area contributed by atoms with Gasteiger partial charge in [0, 0.05) is 28.0 Å². The van der Waals surface area contributed by atoms with Gasteiger partial charge in [0.15, 0.2) is 9.84 Å². The number of halogens is 2. The number of sulfone groups is 1. The standard InChI is InChI=1S/C13H8Cl2N2O3S/c14-10-1-11(15)3-12(2-10)21(19,20)7-9-6-17-5-8(4-16)13(9)18/h1-3,5-6H,7H2,(H,17,18). The fraction of sp³-hybridized carbons (Fsp3) is 0.0769. The van der Waals surface area contributed by atoms with Crippen molar-refractivity contribution in [1.29, 1.82) is 5.26 Å². The van der Waals surface area contributed by atoms with Crippen molar-refractivity contribution in [1.82, 2.24) is 4.98 Å². The van der Waals surface area contributed by atoms with Crippen LogP contribution in [0.15, 0.2) is 40.3 Å². The Morgan fingerprint density at radius 2 is 1.76 bits per heavy atom. The normalized spacial score (nSPS) is 11.1. The molecule has 0 aliphatic heterocycles. The van der Waals surface area contributed by atoms with Gasteiger partial charge in [-0.3, -0.25) is 4.79 Å². The molecule has 1 aromatic heterocycles. The van der Waals surface area contributed by atoms with E-state index in [4.69, 9.17) is 28.5 Å². The van der Waals surface area contributed by atoms with E-state index in [0.717, 1.165) is 0 Å².